The van der Waals surface area contributed by atoms with E-state index in [1.54, 1.807) is 0 Å². The second-order valence-corrected chi connectivity index (χ2v) is 5.16. The molecule has 0 spiro atoms. The Morgan fingerprint density at radius 3 is 1.62 bits per heavy atom. The minimum absolute atomic E-state index is 0.399. The number of nitrogens with zero attached hydrogens (tertiary/aromatic N) is 2. The highest BCUT2D eigenvalue weighted by atomic mass is 14.7. The van der Waals surface area contributed by atoms with E-state index >= 15 is 0 Å². The molecule has 3 aromatic rings. The Kier molecular flexibility index (Phi) is 4.37. The first kappa shape index (κ1) is 13.5. The van der Waals surface area contributed by atoms with Crippen LogP contribution >= 0.6 is 0 Å². The van der Waals surface area contributed by atoms with Crippen LogP contribution in [0.15, 0.2) is 79.1 Å². The van der Waals surface area contributed by atoms with Gasteiger partial charge in [0.15, 0.2) is 0 Å². The molecule has 0 aliphatic rings. The topological polar surface area (TPSA) is 25.8 Å². The molecule has 2 nitrogen and oxygen atoms in total. The van der Waals surface area contributed by atoms with Crippen LogP contribution in [0, 0.1) is 0 Å². The molecular weight excluding hydrogens is 256 g/mol. The summed E-state index contributed by atoms with van der Waals surface area (Å²) in [5.74, 6) is 0.399. The predicted molar refractivity (Wildman–Crippen MR) is 85.1 cm³/mol. The smallest absolute Gasteiger partial charge is 0.0409 e. The number of benzene rings is 1. The molecular formula is C19H18N2. The van der Waals surface area contributed by atoms with E-state index in [4.69, 9.17) is 0 Å². The van der Waals surface area contributed by atoms with Crippen molar-refractivity contribution in [2.45, 2.75) is 18.8 Å². The first-order chi connectivity index (χ1) is 10.4. The van der Waals surface area contributed by atoms with Crippen molar-refractivity contribution in [3.8, 4) is 0 Å². The fraction of sp³-hybridized carbons (Fsp3) is 0.158. The van der Waals surface area contributed by atoms with Crippen molar-refractivity contribution in [1.29, 1.82) is 0 Å². The summed E-state index contributed by atoms with van der Waals surface area (Å²) in [5, 5.41) is 0. The van der Waals surface area contributed by atoms with Crippen LogP contribution in [0.2, 0.25) is 0 Å². The third-order valence-electron chi connectivity index (χ3n) is 3.63. The Morgan fingerprint density at radius 1 is 0.619 bits per heavy atom. The zero-order chi connectivity index (χ0) is 14.3. The van der Waals surface area contributed by atoms with E-state index in [1.807, 2.05) is 36.7 Å². The monoisotopic (exact) mass is 274 g/mol. The van der Waals surface area contributed by atoms with Gasteiger partial charge in [0.1, 0.15) is 0 Å². The van der Waals surface area contributed by atoms with E-state index in [1.165, 1.54) is 5.56 Å². The lowest BCUT2D eigenvalue weighted by Gasteiger charge is -2.16. The molecule has 0 atom stereocenters. The van der Waals surface area contributed by atoms with Crippen LogP contribution in [0.25, 0.3) is 0 Å². The molecule has 0 saturated carbocycles. The van der Waals surface area contributed by atoms with Gasteiger partial charge in [-0.2, -0.15) is 0 Å². The van der Waals surface area contributed by atoms with Crippen LogP contribution in [0.4, 0.5) is 0 Å². The quantitative estimate of drug-likeness (QED) is 0.701. The molecule has 21 heavy (non-hydrogen) atoms. The zero-order valence-electron chi connectivity index (χ0n) is 11.9. The Balaban J connectivity index is 1.84. The Bertz CT molecular complexity index is 609. The number of hydrogen-bond acceptors (Lipinski definition) is 2. The second kappa shape index (κ2) is 6.80. The van der Waals surface area contributed by atoms with Crippen LogP contribution in [0.1, 0.15) is 22.9 Å². The summed E-state index contributed by atoms with van der Waals surface area (Å²) in [6, 6.07) is 22.8. The second-order valence-electron chi connectivity index (χ2n) is 5.16. The molecule has 0 radical (unpaired) electrons. The first-order valence-electron chi connectivity index (χ1n) is 7.26. The van der Waals surface area contributed by atoms with Gasteiger partial charge < -0.3 is 0 Å². The SMILES string of the molecule is c1ccc(C(Cc2ccccn2)Cc2ccccn2)cc1. The van der Waals surface area contributed by atoms with Crippen molar-refractivity contribution in [2.24, 2.45) is 0 Å². The lowest BCUT2D eigenvalue weighted by atomic mass is 9.89. The lowest BCUT2D eigenvalue weighted by Crippen LogP contribution is -2.08. The summed E-state index contributed by atoms with van der Waals surface area (Å²) in [5.41, 5.74) is 3.60. The lowest BCUT2D eigenvalue weighted by molar-refractivity contribution is 0.657. The molecule has 104 valence electrons. The maximum Gasteiger partial charge on any atom is 0.0409 e. The van der Waals surface area contributed by atoms with E-state index in [9.17, 15) is 0 Å². The minimum Gasteiger partial charge on any atom is -0.261 e. The van der Waals surface area contributed by atoms with Gasteiger partial charge >= 0.3 is 0 Å². The predicted octanol–water partition coefficient (Wildman–Crippen LogP) is 4.05. The van der Waals surface area contributed by atoms with Crippen LogP contribution in [-0.4, -0.2) is 9.97 Å². The van der Waals surface area contributed by atoms with Crippen molar-refractivity contribution in [3.63, 3.8) is 0 Å². The van der Waals surface area contributed by atoms with E-state index in [0.717, 1.165) is 24.2 Å². The largest absolute Gasteiger partial charge is 0.261 e. The number of aromatic nitrogens is 2. The van der Waals surface area contributed by atoms with Crippen LogP contribution in [0.5, 0.6) is 0 Å². The van der Waals surface area contributed by atoms with E-state index in [0.29, 0.717) is 5.92 Å². The van der Waals surface area contributed by atoms with Gasteiger partial charge in [-0.15, -0.1) is 0 Å². The molecule has 0 fully saturated rings. The van der Waals surface area contributed by atoms with E-state index < -0.39 is 0 Å². The highest BCUT2D eigenvalue weighted by molar-refractivity contribution is 5.24. The van der Waals surface area contributed by atoms with Gasteiger partial charge in [-0.25, -0.2) is 0 Å². The number of pyridine rings is 2. The van der Waals surface area contributed by atoms with Crippen molar-refractivity contribution in [1.82, 2.24) is 9.97 Å². The molecule has 0 unspecified atom stereocenters. The molecule has 0 bridgehead atoms. The minimum atomic E-state index is 0.399. The fourth-order valence-corrected chi connectivity index (χ4v) is 2.58. The van der Waals surface area contributed by atoms with Gasteiger partial charge in [0.2, 0.25) is 0 Å². The standard InChI is InChI=1S/C19H18N2/c1-2-8-16(9-3-1)17(14-18-10-4-6-12-20-18)15-19-11-5-7-13-21-19/h1-13,17H,14-15H2. The molecule has 2 aromatic heterocycles. The Labute approximate surface area is 125 Å². The van der Waals surface area contributed by atoms with E-state index in [-0.39, 0.29) is 0 Å². The number of rotatable bonds is 5. The molecule has 0 aliphatic heterocycles. The molecule has 0 amide bonds. The van der Waals surface area contributed by atoms with Crippen LogP contribution in [0.3, 0.4) is 0 Å². The molecule has 3 rings (SSSR count). The summed E-state index contributed by atoms with van der Waals surface area (Å²) in [6.45, 7) is 0. The third-order valence-corrected chi connectivity index (χ3v) is 3.63. The molecule has 0 N–H and O–H groups in total. The van der Waals surface area contributed by atoms with Crippen molar-refractivity contribution in [2.75, 3.05) is 0 Å². The van der Waals surface area contributed by atoms with Crippen molar-refractivity contribution >= 4 is 0 Å². The van der Waals surface area contributed by atoms with E-state index in [2.05, 4.69) is 52.4 Å². The van der Waals surface area contributed by atoms with Crippen molar-refractivity contribution < 1.29 is 0 Å². The first-order valence-corrected chi connectivity index (χ1v) is 7.26. The highest BCUT2D eigenvalue weighted by Crippen LogP contribution is 2.23. The average molecular weight is 274 g/mol. The summed E-state index contributed by atoms with van der Waals surface area (Å²) in [4.78, 5) is 8.93. The maximum atomic E-state index is 4.47. The van der Waals surface area contributed by atoms with Crippen molar-refractivity contribution in [3.05, 3.63) is 96.1 Å². The normalized spacial score (nSPS) is 10.7. The molecule has 1 aromatic carbocycles. The fourth-order valence-electron chi connectivity index (χ4n) is 2.58. The summed E-state index contributed by atoms with van der Waals surface area (Å²) in [6.07, 6.45) is 5.58. The molecule has 0 saturated heterocycles. The summed E-state index contributed by atoms with van der Waals surface area (Å²) in [7, 11) is 0. The molecule has 0 aliphatic carbocycles. The van der Waals surface area contributed by atoms with Gasteiger partial charge in [0.25, 0.3) is 0 Å². The van der Waals surface area contributed by atoms with Crippen LogP contribution < -0.4 is 0 Å². The zero-order valence-corrected chi connectivity index (χ0v) is 11.9. The van der Waals surface area contributed by atoms with Gasteiger partial charge in [-0.3, -0.25) is 9.97 Å². The summed E-state index contributed by atoms with van der Waals surface area (Å²) < 4.78 is 0. The maximum absolute atomic E-state index is 4.47. The van der Waals surface area contributed by atoms with Gasteiger partial charge in [-0.05, 0) is 48.6 Å². The third kappa shape index (κ3) is 3.76. The van der Waals surface area contributed by atoms with Gasteiger partial charge in [-0.1, -0.05) is 42.5 Å². The van der Waals surface area contributed by atoms with Gasteiger partial charge in [0.05, 0.1) is 0 Å². The Hall–Kier alpha value is -2.48. The number of hydrogen-bond donors (Lipinski definition) is 0. The molecule has 2 heterocycles. The molecule has 2 heteroatoms. The van der Waals surface area contributed by atoms with Gasteiger partial charge in [0, 0.05) is 23.8 Å². The van der Waals surface area contributed by atoms with Crippen LogP contribution in [-0.2, 0) is 12.8 Å². The Morgan fingerprint density at radius 2 is 1.14 bits per heavy atom. The summed E-state index contributed by atoms with van der Waals surface area (Å²) >= 11 is 0. The average Bonchev–Trinajstić information content (AvgIpc) is 2.57. The highest BCUT2D eigenvalue weighted by Gasteiger charge is 2.14.